The summed E-state index contributed by atoms with van der Waals surface area (Å²) < 4.78 is 40.0. The standard InChI is InChI=1S/C16H16BrFN2O3S/c1-10-4-6-12(9-15(10)24(22,23)20(2)3)19-16(21)13-8-11(17)5-7-14(13)18/h4-9H,1-3H3,(H,19,21). The number of carbonyl (C=O) groups excluding carboxylic acids is 1. The van der Waals surface area contributed by atoms with E-state index in [1.807, 2.05) is 0 Å². The number of hydrogen-bond donors (Lipinski definition) is 1. The first-order valence-electron chi connectivity index (χ1n) is 6.92. The maximum atomic E-state index is 13.8. The number of hydrogen-bond acceptors (Lipinski definition) is 3. The molecule has 0 heterocycles. The number of nitrogens with zero attached hydrogens (tertiary/aromatic N) is 1. The summed E-state index contributed by atoms with van der Waals surface area (Å²) in [4.78, 5) is 12.3. The molecule has 0 radical (unpaired) electrons. The first-order valence-corrected chi connectivity index (χ1v) is 9.16. The third-order valence-electron chi connectivity index (χ3n) is 3.38. The van der Waals surface area contributed by atoms with Crippen LogP contribution in [0.15, 0.2) is 45.8 Å². The van der Waals surface area contributed by atoms with Gasteiger partial charge in [-0.15, -0.1) is 0 Å². The lowest BCUT2D eigenvalue weighted by atomic mass is 10.2. The third-order valence-corrected chi connectivity index (χ3v) is 5.83. The number of nitrogens with one attached hydrogen (secondary N) is 1. The van der Waals surface area contributed by atoms with E-state index in [0.717, 1.165) is 4.31 Å². The van der Waals surface area contributed by atoms with Crippen LogP contribution in [0.1, 0.15) is 15.9 Å². The molecule has 8 heteroatoms. The van der Waals surface area contributed by atoms with Gasteiger partial charge in [0.2, 0.25) is 10.0 Å². The molecule has 0 aliphatic rings. The molecule has 0 aliphatic heterocycles. The molecule has 1 amide bonds. The first-order chi connectivity index (χ1) is 11.1. The Morgan fingerprint density at radius 3 is 2.46 bits per heavy atom. The molecule has 2 rings (SSSR count). The summed E-state index contributed by atoms with van der Waals surface area (Å²) in [5.41, 5.74) is 0.683. The van der Waals surface area contributed by atoms with Gasteiger partial charge in [0.1, 0.15) is 5.82 Å². The summed E-state index contributed by atoms with van der Waals surface area (Å²) in [6, 6.07) is 8.53. The summed E-state index contributed by atoms with van der Waals surface area (Å²) in [6.45, 7) is 1.66. The topological polar surface area (TPSA) is 66.5 Å². The monoisotopic (exact) mass is 414 g/mol. The highest BCUT2D eigenvalue weighted by atomic mass is 79.9. The molecule has 0 aromatic heterocycles. The molecule has 2 aromatic carbocycles. The van der Waals surface area contributed by atoms with Crippen LogP contribution in [0.5, 0.6) is 0 Å². The Bertz CT molecular complexity index is 898. The maximum Gasteiger partial charge on any atom is 0.258 e. The quantitative estimate of drug-likeness (QED) is 0.833. The Hall–Kier alpha value is -1.77. The molecule has 24 heavy (non-hydrogen) atoms. The minimum absolute atomic E-state index is 0.0833. The number of benzene rings is 2. The van der Waals surface area contributed by atoms with Crippen LogP contribution < -0.4 is 5.32 Å². The fourth-order valence-corrected chi connectivity index (χ4v) is 3.53. The normalized spacial score (nSPS) is 11.6. The van der Waals surface area contributed by atoms with Gasteiger partial charge in [0.15, 0.2) is 0 Å². The molecule has 0 saturated heterocycles. The van der Waals surface area contributed by atoms with Crippen LogP contribution >= 0.6 is 15.9 Å². The van der Waals surface area contributed by atoms with E-state index in [2.05, 4.69) is 21.2 Å². The van der Waals surface area contributed by atoms with Crippen molar-refractivity contribution in [3.63, 3.8) is 0 Å². The smallest absolute Gasteiger partial charge is 0.258 e. The SMILES string of the molecule is Cc1ccc(NC(=O)c2cc(Br)ccc2F)cc1S(=O)(=O)N(C)C. The fraction of sp³-hybridized carbons (Fsp3) is 0.188. The molecule has 0 atom stereocenters. The van der Waals surface area contributed by atoms with Crippen LogP contribution in [0.4, 0.5) is 10.1 Å². The van der Waals surface area contributed by atoms with Gasteiger partial charge in [-0.25, -0.2) is 17.1 Å². The molecule has 5 nitrogen and oxygen atoms in total. The lowest BCUT2D eigenvalue weighted by molar-refractivity contribution is 0.102. The summed E-state index contributed by atoms with van der Waals surface area (Å²) in [5.74, 6) is -1.32. The molecular weight excluding hydrogens is 399 g/mol. The van der Waals surface area contributed by atoms with E-state index in [-0.39, 0.29) is 16.1 Å². The zero-order chi connectivity index (χ0) is 18.1. The maximum absolute atomic E-state index is 13.8. The van der Waals surface area contributed by atoms with Gasteiger partial charge in [0.05, 0.1) is 10.5 Å². The molecule has 0 spiro atoms. The second-order valence-electron chi connectivity index (χ2n) is 5.35. The Morgan fingerprint density at radius 2 is 1.83 bits per heavy atom. The Kier molecular flexibility index (Phi) is 5.42. The predicted octanol–water partition coefficient (Wildman–Crippen LogP) is 3.40. The molecule has 0 bridgehead atoms. The lowest BCUT2D eigenvalue weighted by Gasteiger charge is -2.15. The van der Waals surface area contributed by atoms with Crippen molar-refractivity contribution in [3.8, 4) is 0 Å². The van der Waals surface area contributed by atoms with Crippen LogP contribution in [-0.4, -0.2) is 32.7 Å². The highest BCUT2D eigenvalue weighted by molar-refractivity contribution is 9.10. The molecule has 1 N–H and O–H groups in total. The summed E-state index contributed by atoms with van der Waals surface area (Å²) in [6.07, 6.45) is 0. The van der Waals surface area contributed by atoms with Crippen molar-refractivity contribution in [1.29, 1.82) is 0 Å². The van der Waals surface area contributed by atoms with Crippen LogP contribution in [0.3, 0.4) is 0 Å². The van der Waals surface area contributed by atoms with E-state index >= 15 is 0 Å². The van der Waals surface area contributed by atoms with Crippen molar-refractivity contribution in [2.45, 2.75) is 11.8 Å². The van der Waals surface area contributed by atoms with Gasteiger partial charge in [-0.1, -0.05) is 22.0 Å². The summed E-state index contributed by atoms with van der Waals surface area (Å²) in [5, 5.41) is 2.52. The fourth-order valence-electron chi connectivity index (χ4n) is 2.02. The second kappa shape index (κ2) is 7.00. The predicted molar refractivity (Wildman–Crippen MR) is 94.1 cm³/mol. The number of sulfonamides is 1. The van der Waals surface area contributed by atoms with Gasteiger partial charge in [-0.05, 0) is 42.8 Å². The summed E-state index contributed by atoms with van der Waals surface area (Å²) in [7, 11) is -0.790. The molecule has 2 aromatic rings. The van der Waals surface area contributed by atoms with Gasteiger partial charge < -0.3 is 5.32 Å². The van der Waals surface area contributed by atoms with Crippen molar-refractivity contribution < 1.29 is 17.6 Å². The van der Waals surface area contributed by atoms with Crippen LogP contribution in [0, 0.1) is 12.7 Å². The van der Waals surface area contributed by atoms with Gasteiger partial charge in [-0.3, -0.25) is 4.79 Å². The first kappa shape index (κ1) is 18.6. The minimum atomic E-state index is -3.64. The van der Waals surface area contributed by atoms with Gasteiger partial charge in [-0.2, -0.15) is 0 Å². The van der Waals surface area contributed by atoms with Crippen LogP contribution in [0.25, 0.3) is 0 Å². The van der Waals surface area contributed by atoms with Crippen LogP contribution in [-0.2, 0) is 10.0 Å². The van der Waals surface area contributed by atoms with Crippen molar-refractivity contribution >= 4 is 37.5 Å². The van der Waals surface area contributed by atoms with E-state index in [1.165, 1.54) is 38.4 Å². The lowest BCUT2D eigenvalue weighted by Crippen LogP contribution is -2.23. The minimum Gasteiger partial charge on any atom is -0.322 e. The largest absolute Gasteiger partial charge is 0.322 e. The van der Waals surface area contributed by atoms with Gasteiger partial charge in [0.25, 0.3) is 5.91 Å². The molecular formula is C16H16BrFN2O3S. The molecule has 0 unspecified atom stereocenters. The average Bonchev–Trinajstić information content (AvgIpc) is 2.51. The number of rotatable bonds is 4. The summed E-state index contributed by atoms with van der Waals surface area (Å²) >= 11 is 3.18. The number of aryl methyl sites for hydroxylation is 1. The number of anilines is 1. The highest BCUT2D eigenvalue weighted by Gasteiger charge is 2.21. The van der Waals surface area contributed by atoms with Gasteiger partial charge in [0, 0.05) is 24.3 Å². The van der Waals surface area contributed by atoms with Crippen molar-refractivity contribution in [2.75, 3.05) is 19.4 Å². The Morgan fingerprint density at radius 1 is 1.17 bits per heavy atom. The van der Waals surface area contributed by atoms with Crippen molar-refractivity contribution in [1.82, 2.24) is 4.31 Å². The van der Waals surface area contributed by atoms with E-state index in [4.69, 9.17) is 0 Å². The number of amides is 1. The zero-order valence-electron chi connectivity index (χ0n) is 13.3. The highest BCUT2D eigenvalue weighted by Crippen LogP contribution is 2.23. The molecule has 128 valence electrons. The number of carbonyl (C=O) groups is 1. The zero-order valence-corrected chi connectivity index (χ0v) is 15.7. The van der Waals surface area contributed by atoms with Crippen molar-refractivity contribution in [3.05, 3.63) is 57.8 Å². The van der Waals surface area contributed by atoms with E-state index < -0.39 is 21.7 Å². The van der Waals surface area contributed by atoms with E-state index in [1.54, 1.807) is 19.1 Å². The van der Waals surface area contributed by atoms with E-state index in [0.29, 0.717) is 10.0 Å². The average molecular weight is 415 g/mol. The van der Waals surface area contributed by atoms with Crippen LogP contribution in [0.2, 0.25) is 0 Å². The second-order valence-corrected chi connectivity index (χ2v) is 8.38. The van der Waals surface area contributed by atoms with E-state index in [9.17, 15) is 17.6 Å². The Balaban J connectivity index is 2.38. The van der Waals surface area contributed by atoms with Crippen molar-refractivity contribution in [2.24, 2.45) is 0 Å². The number of halogens is 2. The molecule has 0 aliphatic carbocycles. The third kappa shape index (κ3) is 3.82. The molecule has 0 fully saturated rings. The Labute approximate surface area is 148 Å². The van der Waals surface area contributed by atoms with Gasteiger partial charge >= 0.3 is 0 Å². The molecule has 0 saturated carbocycles.